The van der Waals surface area contributed by atoms with Crippen LogP contribution in [0.4, 0.5) is 0 Å². The van der Waals surface area contributed by atoms with Crippen molar-refractivity contribution in [3.63, 3.8) is 0 Å². The second-order valence-corrected chi connectivity index (χ2v) is 6.39. The van der Waals surface area contributed by atoms with E-state index in [2.05, 4.69) is 31.3 Å². The van der Waals surface area contributed by atoms with Crippen LogP contribution in [0.15, 0.2) is 48.5 Å². The monoisotopic (exact) mass is 297 g/mol. The van der Waals surface area contributed by atoms with E-state index < -0.39 is 0 Å². The summed E-state index contributed by atoms with van der Waals surface area (Å²) in [5.41, 5.74) is 2.73. The fourth-order valence-electron chi connectivity index (χ4n) is 2.98. The molecule has 0 radical (unpaired) electrons. The van der Waals surface area contributed by atoms with Crippen LogP contribution in [0.2, 0.25) is 0 Å². The van der Waals surface area contributed by atoms with Crippen LogP contribution in [0.25, 0.3) is 0 Å². The topological polar surface area (TPSA) is 30.5 Å². The average molecular weight is 297 g/mol. The fourth-order valence-corrected chi connectivity index (χ4v) is 2.98. The van der Waals surface area contributed by atoms with Crippen molar-refractivity contribution in [1.82, 2.24) is 5.32 Å². The molecule has 3 nitrogen and oxygen atoms in total. The van der Waals surface area contributed by atoms with E-state index in [9.17, 15) is 0 Å². The number of benzene rings is 2. The van der Waals surface area contributed by atoms with Crippen molar-refractivity contribution in [3.8, 4) is 11.5 Å². The van der Waals surface area contributed by atoms with E-state index >= 15 is 0 Å². The maximum atomic E-state index is 5.93. The van der Waals surface area contributed by atoms with Crippen molar-refractivity contribution in [3.05, 3.63) is 59.7 Å². The summed E-state index contributed by atoms with van der Waals surface area (Å²) in [4.78, 5) is 0. The first-order valence-corrected chi connectivity index (χ1v) is 7.70. The third kappa shape index (κ3) is 2.95. The lowest BCUT2D eigenvalue weighted by Crippen LogP contribution is -2.43. The Kier molecular flexibility index (Phi) is 4.08. The lowest BCUT2D eigenvalue weighted by Gasteiger charge is -2.38. The number of fused-ring (bicyclic) bond motifs is 1. The molecule has 1 atom stereocenters. The first-order chi connectivity index (χ1) is 10.6. The molecule has 1 aliphatic heterocycles. The summed E-state index contributed by atoms with van der Waals surface area (Å²) in [7, 11) is 1.71. The number of methoxy groups -OCH3 is 1. The quantitative estimate of drug-likeness (QED) is 0.933. The van der Waals surface area contributed by atoms with Gasteiger partial charge in [-0.3, -0.25) is 0 Å². The molecule has 0 amide bonds. The van der Waals surface area contributed by atoms with Gasteiger partial charge in [0, 0.05) is 12.0 Å². The number of rotatable bonds is 4. The molecule has 0 aliphatic carbocycles. The summed E-state index contributed by atoms with van der Waals surface area (Å²) in [5.74, 6) is 1.82. The summed E-state index contributed by atoms with van der Waals surface area (Å²) in [6.07, 6.45) is 0. The van der Waals surface area contributed by atoms with Crippen LogP contribution in [0.1, 0.15) is 31.0 Å². The van der Waals surface area contributed by atoms with Crippen LogP contribution in [0, 0.1) is 0 Å². The van der Waals surface area contributed by atoms with E-state index in [4.69, 9.17) is 9.47 Å². The molecule has 2 aromatic rings. The summed E-state index contributed by atoms with van der Waals surface area (Å²) in [6, 6.07) is 16.5. The highest BCUT2D eigenvalue weighted by Gasteiger charge is 2.32. The van der Waals surface area contributed by atoms with Gasteiger partial charge >= 0.3 is 0 Å². The van der Waals surface area contributed by atoms with Crippen LogP contribution in [-0.4, -0.2) is 20.3 Å². The second kappa shape index (κ2) is 6.01. The molecule has 0 aromatic heterocycles. The Morgan fingerprint density at radius 3 is 2.59 bits per heavy atom. The van der Waals surface area contributed by atoms with Gasteiger partial charge in [-0.2, -0.15) is 0 Å². The fraction of sp³-hybridized carbons (Fsp3) is 0.368. The van der Waals surface area contributed by atoms with Crippen LogP contribution in [0.3, 0.4) is 0 Å². The van der Waals surface area contributed by atoms with Gasteiger partial charge in [0.1, 0.15) is 18.1 Å². The second-order valence-electron chi connectivity index (χ2n) is 6.39. The van der Waals surface area contributed by atoms with Gasteiger partial charge in [-0.15, -0.1) is 0 Å². The van der Waals surface area contributed by atoms with Crippen molar-refractivity contribution in [2.24, 2.45) is 0 Å². The molecule has 0 spiro atoms. The van der Waals surface area contributed by atoms with Crippen molar-refractivity contribution < 1.29 is 9.47 Å². The first-order valence-electron chi connectivity index (χ1n) is 7.70. The van der Waals surface area contributed by atoms with Crippen LogP contribution >= 0.6 is 0 Å². The summed E-state index contributed by atoms with van der Waals surface area (Å²) in [6.45, 7) is 6.06. The number of nitrogens with one attached hydrogen (secondary N) is 1. The minimum atomic E-state index is 0.0904. The van der Waals surface area contributed by atoms with E-state index in [1.54, 1.807) is 7.11 Å². The maximum absolute atomic E-state index is 5.93. The zero-order valence-corrected chi connectivity index (χ0v) is 13.4. The third-order valence-electron chi connectivity index (χ3n) is 4.32. The SMILES string of the molecule is COc1ccc2c(c1)C(C)(C)CNC2COc1ccccc1. The van der Waals surface area contributed by atoms with E-state index in [1.165, 1.54) is 11.1 Å². The van der Waals surface area contributed by atoms with Crippen LogP contribution in [-0.2, 0) is 5.41 Å². The Morgan fingerprint density at radius 1 is 1.09 bits per heavy atom. The molecular formula is C19H23NO2. The van der Waals surface area contributed by atoms with Crippen molar-refractivity contribution in [2.45, 2.75) is 25.3 Å². The molecule has 116 valence electrons. The number of para-hydroxylation sites is 1. The van der Waals surface area contributed by atoms with Crippen molar-refractivity contribution >= 4 is 0 Å². The summed E-state index contributed by atoms with van der Waals surface area (Å²) >= 11 is 0. The molecule has 1 aliphatic rings. The Balaban J connectivity index is 1.83. The molecule has 22 heavy (non-hydrogen) atoms. The Morgan fingerprint density at radius 2 is 1.86 bits per heavy atom. The number of hydrogen-bond acceptors (Lipinski definition) is 3. The van der Waals surface area contributed by atoms with Gasteiger partial charge in [-0.05, 0) is 35.4 Å². The largest absolute Gasteiger partial charge is 0.497 e. The van der Waals surface area contributed by atoms with Gasteiger partial charge in [0.2, 0.25) is 0 Å². The molecular weight excluding hydrogens is 274 g/mol. The molecule has 1 N–H and O–H groups in total. The molecule has 3 heteroatoms. The summed E-state index contributed by atoms with van der Waals surface area (Å²) in [5, 5.41) is 3.61. The molecule has 0 saturated heterocycles. The summed E-state index contributed by atoms with van der Waals surface area (Å²) < 4.78 is 11.3. The minimum absolute atomic E-state index is 0.0904. The first kappa shape index (κ1) is 14.9. The Bertz CT molecular complexity index is 637. The lowest BCUT2D eigenvalue weighted by molar-refractivity contribution is 0.244. The predicted octanol–water partition coefficient (Wildman–Crippen LogP) is 3.70. The van der Waals surface area contributed by atoms with Crippen molar-refractivity contribution in [2.75, 3.05) is 20.3 Å². The average Bonchev–Trinajstić information content (AvgIpc) is 2.55. The molecule has 0 bridgehead atoms. The van der Waals surface area contributed by atoms with E-state index in [0.717, 1.165) is 18.0 Å². The highest BCUT2D eigenvalue weighted by Crippen LogP contribution is 2.36. The van der Waals surface area contributed by atoms with Gasteiger partial charge in [-0.1, -0.05) is 38.1 Å². The van der Waals surface area contributed by atoms with Gasteiger partial charge in [0.05, 0.1) is 13.2 Å². The normalized spacial score (nSPS) is 19.3. The van der Waals surface area contributed by atoms with Gasteiger partial charge in [-0.25, -0.2) is 0 Å². The highest BCUT2D eigenvalue weighted by molar-refractivity contribution is 5.44. The smallest absolute Gasteiger partial charge is 0.119 e. The third-order valence-corrected chi connectivity index (χ3v) is 4.32. The molecule has 3 rings (SSSR count). The molecule has 2 aromatic carbocycles. The molecule has 1 unspecified atom stereocenters. The van der Waals surface area contributed by atoms with E-state index in [0.29, 0.717) is 6.61 Å². The standard InChI is InChI=1S/C19H23NO2/c1-19(2)13-20-18(12-22-14-7-5-4-6-8-14)16-10-9-15(21-3)11-17(16)19/h4-11,18,20H,12-13H2,1-3H3. The minimum Gasteiger partial charge on any atom is -0.497 e. The van der Waals surface area contributed by atoms with Crippen LogP contribution < -0.4 is 14.8 Å². The van der Waals surface area contributed by atoms with Gasteiger partial charge in [0.25, 0.3) is 0 Å². The zero-order valence-electron chi connectivity index (χ0n) is 13.4. The number of hydrogen-bond donors (Lipinski definition) is 1. The van der Waals surface area contributed by atoms with Crippen LogP contribution in [0.5, 0.6) is 11.5 Å². The Labute approximate surface area is 132 Å². The lowest BCUT2D eigenvalue weighted by atomic mass is 9.77. The van der Waals surface area contributed by atoms with E-state index in [-0.39, 0.29) is 11.5 Å². The maximum Gasteiger partial charge on any atom is 0.119 e. The zero-order chi connectivity index (χ0) is 15.6. The van der Waals surface area contributed by atoms with Gasteiger partial charge < -0.3 is 14.8 Å². The number of ether oxygens (including phenoxy) is 2. The Hall–Kier alpha value is -2.00. The molecule has 0 fully saturated rings. The molecule has 0 saturated carbocycles. The highest BCUT2D eigenvalue weighted by atomic mass is 16.5. The predicted molar refractivity (Wildman–Crippen MR) is 88.7 cm³/mol. The molecule has 1 heterocycles. The van der Waals surface area contributed by atoms with E-state index in [1.807, 2.05) is 36.4 Å². The van der Waals surface area contributed by atoms with Crippen molar-refractivity contribution in [1.29, 1.82) is 0 Å². The van der Waals surface area contributed by atoms with Gasteiger partial charge in [0.15, 0.2) is 0 Å².